The van der Waals surface area contributed by atoms with E-state index in [1.165, 1.54) is 19.0 Å². The first kappa shape index (κ1) is 52.6. The van der Waals surface area contributed by atoms with Crippen molar-refractivity contribution in [1.29, 1.82) is 0 Å². The van der Waals surface area contributed by atoms with E-state index in [9.17, 15) is 59.9 Å². The highest BCUT2D eigenvalue weighted by Crippen LogP contribution is 2.61. The van der Waals surface area contributed by atoms with Crippen molar-refractivity contribution in [2.75, 3.05) is 27.2 Å². The molecule has 4 aliphatic rings. The molecule has 2 saturated carbocycles. The van der Waals surface area contributed by atoms with Gasteiger partial charge in [-0.25, -0.2) is 13.2 Å². The monoisotopic (exact) mass is 981 g/mol. The molecule has 7 atom stereocenters. The van der Waals surface area contributed by atoms with Gasteiger partial charge in [-0.3, -0.25) is 33.6 Å². The third-order valence-corrected chi connectivity index (χ3v) is 13.5. The number of hydrogen-bond donors (Lipinski definition) is 4. The number of likely N-dealkylation sites (tertiary alicyclic amines) is 1. The smallest absolute Gasteiger partial charge is 0.354 e. The molecule has 66 heavy (non-hydrogen) atoms. The third kappa shape index (κ3) is 12.2. The summed E-state index contributed by atoms with van der Waals surface area (Å²) in [7, 11) is 2.68. The minimum Gasteiger partial charge on any atom is -0.354 e. The number of nitrogens with zero attached hydrogens (tertiary/aromatic N) is 3. The Morgan fingerprint density at radius 1 is 0.970 bits per heavy atom. The van der Waals surface area contributed by atoms with Gasteiger partial charge in [0.05, 0.1) is 6.54 Å². The summed E-state index contributed by atoms with van der Waals surface area (Å²) in [5, 5.41) is 11.5. The van der Waals surface area contributed by atoms with E-state index in [1.807, 2.05) is 20.8 Å². The van der Waals surface area contributed by atoms with Crippen LogP contribution in [-0.2, 0) is 40.0 Å². The molecule has 2 saturated heterocycles. The lowest BCUT2D eigenvalue weighted by atomic mass is 9.64. The van der Waals surface area contributed by atoms with Gasteiger partial charge < -0.3 is 36.0 Å². The van der Waals surface area contributed by atoms with Gasteiger partial charge in [0, 0.05) is 56.4 Å². The van der Waals surface area contributed by atoms with Crippen LogP contribution in [0.1, 0.15) is 97.0 Å². The highest BCUT2D eigenvalue weighted by atomic mass is 35.5. The van der Waals surface area contributed by atoms with Crippen molar-refractivity contribution in [1.82, 2.24) is 36.0 Å². The van der Waals surface area contributed by atoms with E-state index in [0.29, 0.717) is 41.2 Å². The highest BCUT2D eigenvalue weighted by molar-refractivity contribution is 6.33. The zero-order valence-corrected chi connectivity index (χ0v) is 39.1. The maximum atomic E-state index is 14.9. The molecule has 0 radical (unpaired) electrons. The van der Waals surface area contributed by atoms with Crippen LogP contribution in [0.5, 0.6) is 0 Å². The fourth-order valence-electron chi connectivity index (χ4n) is 9.07. The minimum atomic E-state index is -5.42. The van der Waals surface area contributed by atoms with Crippen LogP contribution in [0.3, 0.4) is 0 Å². The van der Waals surface area contributed by atoms with Gasteiger partial charge in [-0.05, 0) is 80.5 Å². The van der Waals surface area contributed by atoms with Crippen molar-refractivity contribution in [2.24, 2.45) is 17.3 Å². The fourth-order valence-corrected chi connectivity index (χ4v) is 9.46. The molecule has 22 heteroatoms. The molecule has 7 amide bonds. The molecule has 2 aliphatic heterocycles. The topological polar surface area (TPSA) is 177 Å². The first-order chi connectivity index (χ1) is 30.8. The first-order valence-electron chi connectivity index (χ1n) is 22.4. The number of rotatable bonds is 12. The van der Waals surface area contributed by atoms with Gasteiger partial charge in [-0.15, -0.1) is 0 Å². The predicted molar refractivity (Wildman–Crippen MR) is 231 cm³/mol. The Morgan fingerprint density at radius 3 is 2.21 bits per heavy atom. The van der Waals surface area contributed by atoms with Crippen molar-refractivity contribution >= 4 is 64.6 Å². The van der Waals surface area contributed by atoms with Gasteiger partial charge in [-0.2, -0.15) is 13.2 Å². The summed E-state index contributed by atoms with van der Waals surface area (Å²) in [5.41, 5.74) is -3.08. The van der Waals surface area contributed by atoms with Crippen LogP contribution in [0, 0.1) is 17.3 Å². The van der Waals surface area contributed by atoms with Crippen LogP contribution in [0.2, 0.25) is 10.0 Å². The molecule has 2 heterocycles. The predicted octanol–water partition coefficient (Wildman–Crippen LogP) is 5.12. The number of hydrogen-bond acceptors (Lipinski definition) is 7. The maximum absolute atomic E-state index is 14.9. The SMILES string of the molecule is CCC[C@H]1NC(=O)[C@H](Cc2cc(Cl)ccc2Cl)N(C)C(=O)[C@H](CC(C)C)NC(=O)[C@@H](N(C)C(=O)[C@@H](NC(=O)[C@@H]2C[C@@H](F)CN2C(=O)C2(C(F)(F)F)CC(F)(F)C2)C2CC2)CCCCNC1=O. The average Bonchev–Trinajstić information content (AvgIpc) is 3.99. The zero-order valence-electron chi connectivity index (χ0n) is 37.6. The molecule has 2 aliphatic carbocycles. The van der Waals surface area contributed by atoms with Crippen molar-refractivity contribution in [2.45, 2.75) is 152 Å². The molecule has 368 valence electrons. The summed E-state index contributed by atoms with van der Waals surface area (Å²) in [4.78, 5) is 101. The summed E-state index contributed by atoms with van der Waals surface area (Å²) in [6.45, 7) is 4.64. The summed E-state index contributed by atoms with van der Waals surface area (Å²) in [6.07, 6.45) is -9.65. The number of alkyl halides is 6. The van der Waals surface area contributed by atoms with Gasteiger partial charge in [0.1, 0.15) is 42.4 Å². The van der Waals surface area contributed by atoms with Crippen LogP contribution < -0.4 is 21.3 Å². The van der Waals surface area contributed by atoms with Crippen LogP contribution in [0.15, 0.2) is 18.2 Å². The standard InChI is InChI=1S/C44H59Cl2F6N7O7/c1-6-9-29-35(60)53-15-8-7-10-31(36(61)55-30(16-23(2)3)39(64)58(5)32(37(62)54-29)18-25-17-26(45)13-14-28(25)46)57(4)40(65)34(24-11-12-24)56-38(63)33-19-27(47)20-59(33)41(66)42(44(50,51)52)21-43(48,49)22-42/h13-14,17,23-24,27,29-34H,6-12,15-16,18-22H2,1-5H3,(H,53,60)(H,54,62)(H,55,61)(H,56,63)/t27-,29-,30+,31+,32+,33+,34+/m1/s1. The second kappa shape index (κ2) is 21.3. The second-order valence-electron chi connectivity index (χ2n) is 18.6. The molecule has 0 spiro atoms. The van der Waals surface area contributed by atoms with E-state index in [0.717, 1.165) is 4.90 Å². The average molecular weight is 983 g/mol. The molecule has 4 N–H and O–H groups in total. The number of carbonyl (C=O) groups excluding carboxylic acids is 7. The molecule has 1 aromatic carbocycles. The minimum absolute atomic E-state index is 0.00266. The lowest BCUT2D eigenvalue weighted by Gasteiger charge is -2.48. The van der Waals surface area contributed by atoms with Crippen molar-refractivity contribution in [3.05, 3.63) is 33.8 Å². The van der Waals surface area contributed by atoms with Gasteiger partial charge in [0.25, 0.3) is 5.92 Å². The summed E-state index contributed by atoms with van der Waals surface area (Å²) in [6, 6.07) is -3.34. The quantitative estimate of drug-likeness (QED) is 0.210. The van der Waals surface area contributed by atoms with Gasteiger partial charge in [-0.1, -0.05) is 50.4 Å². The molecule has 14 nitrogen and oxygen atoms in total. The lowest BCUT2D eigenvalue weighted by Crippen LogP contribution is -2.65. The van der Waals surface area contributed by atoms with Crippen molar-refractivity contribution in [3.8, 4) is 0 Å². The first-order valence-corrected chi connectivity index (χ1v) is 23.1. The van der Waals surface area contributed by atoms with Crippen LogP contribution >= 0.6 is 23.2 Å². The molecule has 1 aromatic rings. The number of nitrogens with one attached hydrogen (secondary N) is 4. The summed E-state index contributed by atoms with van der Waals surface area (Å²) >= 11 is 12.8. The highest BCUT2D eigenvalue weighted by Gasteiger charge is 2.75. The van der Waals surface area contributed by atoms with Crippen LogP contribution in [-0.4, -0.2) is 138 Å². The van der Waals surface area contributed by atoms with Crippen molar-refractivity contribution in [3.63, 3.8) is 0 Å². The molecule has 0 bridgehead atoms. The Bertz CT molecular complexity index is 2000. The second-order valence-corrected chi connectivity index (χ2v) is 19.5. The normalized spacial score (nSPS) is 27.1. The number of amides is 7. The third-order valence-electron chi connectivity index (χ3n) is 12.9. The Kier molecular flexibility index (Phi) is 17.0. The Morgan fingerprint density at radius 2 is 1.62 bits per heavy atom. The van der Waals surface area contributed by atoms with Gasteiger partial charge in [0.15, 0.2) is 5.41 Å². The van der Waals surface area contributed by atoms with Crippen molar-refractivity contribution < 1.29 is 59.9 Å². The van der Waals surface area contributed by atoms with Gasteiger partial charge >= 0.3 is 6.18 Å². The molecule has 0 aromatic heterocycles. The van der Waals surface area contributed by atoms with Crippen LogP contribution in [0.25, 0.3) is 0 Å². The molecule has 5 rings (SSSR count). The Hall–Kier alpha value is -4.33. The Labute approximate surface area is 389 Å². The van der Waals surface area contributed by atoms with Crippen LogP contribution in [0.4, 0.5) is 26.3 Å². The maximum Gasteiger partial charge on any atom is 0.403 e. The van der Waals surface area contributed by atoms with E-state index in [-0.39, 0.29) is 49.6 Å². The largest absolute Gasteiger partial charge is 0.403 e. The molecule has 4 fully saturated rings. The van der Waals surface area contributed by atoms with Gasteiger partial charge in [0.2, 0.25) is 41.4 Å². The van der Waals surface area contributed by atoms with E-state index >= 15 is 0 Å². The number of halogens is 8. The van der Waals surface area contributed by atoms with E-state index in [2.05, 4.69) is 21.3 Å². The Balaban J connectivity index is 1.42. The number of benzene rings is 1. The zero-order chi connectivity index (χ0) is 49.1. The number of carbonyl (C=O) groups is 7. The van der Waals surface area contributed by atoms with E-state index in [1.54, 1.807) is 18.2 Å². The summed E-state index contributed by atoms with van der Waals surface area (Å²) < 4.78 is 85.2. The molecular weight excluding hydrogens is 923 g/mol. The molecule has 0 unspecified atom stereocenters. The lowest BCUT2D eigenvalue weighted by molar-refractivity contribution is -0.299. The number of likely N-dealkylation sites (N-methyl/N-ethyl adjacent to an activating group) is 2. The van der Waals surface area contributed by atoms with E-state index < -0.39 is 133 Å². The van der Waals surface area contributed by atoms with E-state index in [4.69, 9.17) is 23.2 Å². The fraction of sp³-hybridized carbons (Fsp3) is 0.705. The summed E-state index contributed by atoms with van der Waals surface area (Å²) in [5.74, 6) is -10.9. The molecular formula is C44H59Cl2F6N7O7.